The molecule has 36 heavy (non-hydrogen) atoms. The van der Waals surface area contributed by atoms with E-state index in [1.807, 2.05) is 4.90 Å². The molecule has 1 unspecified atom stereocenters. The summed E-state index contributed by atoms with van der Waals surface area (Å²) in [5.74, 6) is -2.90. The standard InChI is InChI=1S/C20H22N8O6S2/c21-20-24-14(26-36-20)11(25-34)15(29)23-12-17(31)28-13(19(32)33)9(7-35-18(12)28)5-8-2-4-27(16(8)30)10-1-3-22-6-10/h5,10,12,18,22,34H,1-4,6-7H2,(H,23,29)(H,32,33)(H2,21,24,26)/b8-5+,25-11+/t10-,12?,18-/m1/s1. The van der Waals surface area contributed by atoms with E-state index >= 15 is 0 Å². The van der Waals surface area contributed by atoms with Gasteiger partial charge in [-0.15, -0.1) is 11.8 Å². The minimum atomic E-state index is -1.30. The number of β-lactam (4-membered cyclic amide) rings is 1. The van der Waals surface area contributed by atoms with Gasteiger partial charge in [0.25, 0.3) is 11.8 Å². The summed E-state index contributed by atoms with van der Waals surface area (Å²) in [4.78, 5) is 57.3. The van der Waals surface area contributed by atoms with Crippen LogP contribution in [0.5, 0.6) is 0 Å². The molecule has 0 aliphatic carbocycles. The first kappa shape index (κ1) is 24.2. The van der Waals surface area contributed by atoms with Gasteiger partial charge < -0.3 is 31.6 Å². The Morgan fingerprint density at radius 1 is 1.33 bits per heavy atom. The molecule has 3 atom stereocenters. The van der Waals surface area contributed by atoms with E-state index in [1.165, 1.54) is 11.8 Å². The maximum Gasteiger partial charge on any atom is 0.352 e. The summed E-state index contributed by atoms with van der Waals surface area (Å²) in [5, 5.41) is 27.1. The number of nitrogen functional groups attached to an aromatic ring is 1. The second kappa shape index (κ2) is 9.51. The average Bonchev–Trinajstić information content (AvgIpc) is 3.60. The van der Waals surface area contributed by atoms with Gasteiger partial charge in [-0.1, -0.05) is 5.16 Å². The molecule has 0 radical (unpaired) electrons. The highest BCUT2D eigenvalue weighted by molar-refractivity contribution is 8.00. The first-order valence-corrected chi connectivity index (χ1v) is 12.9. The van der Waals surface area contributed by atoms with Crippen LogP contribution in [-0.2, 0) is 19.2 Å². The number of likely N-dealkylation sites (tertiary alicyclic amines) is 1. The minimum Gasteiger partial charge on any atom is -0.477 e. The highest BCUT2D eigenvalue weighted by Crippen LogP contribution is 2.41. The summed E-state index contributed by atoms with van der Waals surface area (Å²) in [6.45, 7) is 2.17. The lowest BCUT2D eigenvalue weighted by atomic mass is 10.0. The smallest absolute Gasteiger partial charge is 0.352 e. The van der Waals surface area contributed by atoms with Crippen molar-refractivity contribution in [3.63, 3.8) is 0 Å². The summed E-state index contributed by atoms with van der Waals surface area (Å²) in [7, 11) is 0. The Bertz CT molecular complexity index is 1240. The number of allylic oxidation sites excluding steroid dienone is 1. The van der Waals surface area contributed by atoms with Gasteiger partial charge in [0, 0.05) is 42.0 Å². The van der Waals surface area contributed by atoms with Crippen molar-refractivity contribution >= 4 is 57.8 Å². The van der Waals surface area contributed by atoms with Crippen molar-refractivity contribution in [2.75, 3.05) is 31.1 Å². The van der Waals surface area contributed by atoms with Crippen LogP contribution in [0.1, 0.15) is 18.7 Å². The Labute approximate surface area is 212 Å². The number of fused-ring (bicyclic) bond motifs is 1. The quantitative estimate of drug-likeness (QED) is 0.0939. The third-order valence-electron chi connectivity index (χ3n) is 6.44. The van der Waals surface area contributed by atoms with Crippen LogP contribution in [0.15, 0.2) is 28.1 Å². The maximum absolute atomic E-state index is 12.9. The van der Waals surface area contributed by atoms with Crippen LogP contribution in [-0.4, -0.2) is 102 Å². The van der Waals surface area contributed by atoms with Crippen LogP contribution < -0.4 is 16.4 Å². The topological polar surface area (TPSA) is 203 Å². The number of amides is 3. The fourth-order valence-corrected chi connectivity index (χ4v) is 6.46. The molecule has 5 heterocycles. The molecule has 190 valence electrons. The van der Waals surface area contributed by atoms with E-state index in [2.05, 4.69) is 25.1 Å². The number of hydrogen-bond acceptors (Lipinski definition) is 12. The number of carboxylic acid groups (broad SMARTS) is 1. The molecule has 6 N–H and O–H groups in total. The van der Waals surface area contributed by atoms with E-state index < -0.39 is 34.9 Å². The molecule has 3 amide bonds. The number of rotatable bonds is 6. The number of hydrogen-bond donors (Lipinski definition) is 5. The number of nitrogens with one attached hydrogen (secondary N) is 2. The van der Waals surface area contributed by atoms with Crippen LogP contribution in [0.4, 0.5) is 5.13 Å². The summed E-state index contributed by atoms with van der Waals surface area (Å²) < 4.78 is 3.82. The molecule has 3 fully saturated rings. The van der Waals surface area contributed by atoms with Gasteiger partial charge in [-0.2, -0.15) is 9.36 Å². The van der Waals surface area contributed by atoms with Crippen LogP contribution in [0.2, 0.25) is 0 Å². The van der Waals surface area contributed by atoms with E-state index in [4.69, 9.17) is 5.73 Å². The van der Waals surface area contributed by atoms with Crippen molar-refractivity contribution in [1.29, 1.82) is 0 Å². The molecule has 1 aromatic heterocycles. The monoisotopic (exact) mass is 534 g/mol. The normalized spacial score (nSPS) is 27.5. The Morgan fingerprint density at radius 3 is 2.78 bits per heavy atom. The molecule has 4 aliphatic rings. The first-order valence-electron chi connectivity index (χ1n) is 11.1. The summed E-state index contributed by atoms with van der Waals surface area (Å²) in [6.07, 6.45) is 2.97. The number of nitrogens with zero attached hydrogens (tertiary/aromatic N) is 5. The van der Waals surface area contributed by atoms with Crippen molar-refractivity contribution in [3.05, 3.63) is 28.7 Å². The highest BCUT2D eigenvalue weighted by atomic mass is 32.2. The number of aromatic nitrogens is 2. The summed E-state index contributed by atoms with van der Waals surface area (Å²) in [5.41, 5.74) is 5.67. The van der Waals surface area contributed by atoms with Crippen molar-refractivity contribution in [2.45, 2.75) is 30.3 Å². The fraction of sp³-hybridized carbons (Fsp3) is 0.450. The predicted octanol–water partition coefficient (Wildman–Crippen LogP) is -1.44. The zero-order valence-electron chi connectivity index (χ0n) is 18.7. The van der Waals surface area contributed by atoms with Gasteiger partial charge in [0.2, 0.25) is 17.4 Å². The van der Waals surface area contributed by atoms with Crippen LogP contribution >= 0.6 is 23.3 Å². The van der Waals surface area contributed by atoms with Crippen molar-refractivity contribution < 1.29 is 29.5 Å². The van der Waals surface area contributed by atoms with Crippen molar-refractivity contribution in [3.8, 4) is 0 Å². The van der Waals surface area contributed by atoms with Gasteiger partial charge in [-0.05, 0) is 31.0 Å². The molecule has 1 aromatic rings. The number of carbonyl (C=O) groups is 4. The molecule has 5 rings (SSSR count). The summed E-state index contributed by atoms with van der Waals surface area (Å²) >= 11 is 2.07. The molecular weight excluding hydrogens is 512 g/mol. The molecule has 0 aromatic carbocycles. The van der Waals surface area contributed by atoms with Crippen LogP contribution in [0, 0.1) is 0 Å². The molecule has 4 aliphatic heterocycles. The Kier molecular flexibility index (Phi) is 6.40. The lowest BCUT2D eigenvalue weighted by Gasteiger charge is -2.49. The van der Waals surface area contributed by atoms with Crippen molar-refractivity contribution in [2.24, 2.45) is 5.16 Å². The van der Waals surface area contributed by atoms with E-state index in [9.17, 15) is 29.5 Å². The SMILES string of the molecule is Nc1nc(/C(=N\O)C(=O)NC2C(=O)N3C(C(=O)O)=C(/C=C4\CCN([C@@H]5CCNC5)C4=O)CS[C@H]23)ns1. The molecular formula is C20H22N8O6S2. The second-order valence-electron chi connectivity index (χ2n) is 8.51. The Morgan fingerprint density at radius 2 is 2.14 bits per heavy atom. The van der Waals surface area contributed by atoms with E-state index in [0.29, 0.717) is 24.1 Å². The summed E-state index contributed by atoms with van der Waals surface area (Å²) in [6, 6.07) is -0.914. The highest BCUT2D eigenvalue weighted by Gasteiger charge is 2.54. The molecule has 14 nitrogen and oxygen atoms in total. The first-order chi connectivity index (χ1) is 17.3. The van der Waals surface area contributed by atoms with Gasteiger partial charge in [-0.3, -0.25) is 19.3 Å². The van der Waals surface area contributed by atoms with E-state index in [0.717, 1.165) is 35.9 Å². The van der Waals surface area contributed by atoms with Gasteiger partial charge >= 0.3 is 5.97 Å². The minimum absolute atomic E-state index is 0.0642. The largest absolute Gasteiger partial charge is 0.477 e. The third-order valence-corrected chi connectivity index (χ3v) is 8.28. The van der Waals surface area contributed by atoms with Crippen LogP contribution in [0.3, 0.4) is 0 Å². The number of anilines is 1. The zero-order valence-corrected chi connectivity index (χ0v) is 20.3. The number of oxime groups is 1. The lowest BCUT2D eigenvalue weighted by Crippen LogP contribution is -2.71. The molecule has 0 saturated carbocycles. The maximum atomic E-state index is 12.9. The van der Waals surface area contributed by atoms with E-state index in [-0.39, 0.29) is 34.4 Å². The Hall–Kier alpha value is -3.50. The average molecular weight is 535 g/mol. The number of nitrogens with two attached hydrogens (primary N) is 1. The number of carboxylic acids is 1. The van der Waals surface area contributed by atoms with Gasteiger partial charge in [0.1, 0.15) is 17.1 Å². The van der Waals surface area contributed by atoms with Crippen molar-refractivity contribution in [1.82, 2.24) is 29.8 Å². The lowest BCUT2D eigenvalue weighted by molar-refractivity contribution is -0.150. The van der Waals surface area contributed by atoms with Gasteiger partial charge in [-0.25, -0.2) is 4.79 Å². The molecule has 0 spiro atoms. The molecule has 0 bridgehead atoms. The molecule has 16 heteroatoms. The fourth-order valence-electron chi connectivity index (χ4n) is 4.72. The number of aliphatic carboxylic acids is 1. The van der Waals surface area contributed by atoms with Crippen LogP contribution in [0.25, 0.3) is 0 Å². The number of carbonyl (C=O) groups excluding carboxylic acids is 3. The zero-order chi connectivity index (χ0) is 25.6. The van der Waals surface area contributed by atoms with E-state index in [1.54, 1.807) is 6.08 Å². The second-order valence-corrected chi connectivity index (χ2v) is 10.4. The molecule has 3 saturated heterocycles. The predicted molar refractivity (Wildman–Crippen MR) is 128 cm³/mol. The number of thioether (sulfide) groups is 1. The van der Waals surface area contributed by atoms with Gasteiger partial charge in [0.15, 0.2) is 5.13 Å². The Balaban J connectivity index is 1.33. The van der Waals surface area contributed by atoms with Gasteiger partial charge in [0.05, 0.1) is 0 Å². The third kappa shape index (κ3) is 4.10.